The lowest BCUT2D eigenvalue weighted by Gasteiger charge is -2.17. The number of amides is 4. The third kappa shape index (κ3) is 3.96. The van der Waals surface area contributed by atoms with Crippen LogP contribution in [-0.4, -0.2) is 39.2 Å². The summed E-state index contributed by atoms with van der Waals surface area (Å²) in [6.07, 6.45) is 8.29. The van der Waals surface area contributed by atoms with Crippen LogP contribution in [0.25, 0.3) is 11.5 Å². The molecule has 150 valence electrons. The number of carbonyl (C=O) groups is 3. The van der Waals surface area contributed by atoms with E-state index < -0.39 is 23.7 Å². The molecule has 0 unspecified atom stereocenters. The fourth-order valence-electron chi connectivity index (χ4n) is 3.57. The maximum atomic E-state index is 13.4. The molecule has 0 atom stereocenters. The van der Waals surface area contributed by atoms with E-state index in [0.29, 0.717) is 17.7 Å². The molecule has 4 rings (SSSR count). The molecule has 1 aromatic carbocycles. The Kier molecular flexibility index (Phi) is 5.24. The molecule has 7 nitrogen and oxygen atoms in total. The molecular formula is C21H20FN3O4. The van der Waals surface area contributed by atoms with Crippen LogP contribution in [0.1, 0.15) is 37.8 Å². The molecule has 29 heavy (non-hydrogen) atoms. The Labute approximate surface area is 166 Å². The fraction of sp³-hybridized carbons (Fsp3) is 0.333. The summed E-state index contributed by atoms with van der Waals surface area (Å²) in [5.41, 5.74) is 1.96. The SMILES string of the molecule is O=C1C(=O)N(Cc2coc(-c3cccc(F)c3)n2)C(=O)N1CCC1=CCCCC1. The van der Waals surface area contributed by atoms with Crippen LogP contribution in [0.2, 0.25) is 0 Å². The number of rotatable bonds is 6. The quantitative estimate of drug-likeness (QED) is 0.422. The molecule has 1 fully saturated rings. The number of benzene rings is 1. The number of aromatic nitrogens is 1. The van der Waals surface area contributed by atoms with Crippen LogP contribution in [0, 0.1) is 5.82 Å². The highest BCUT2D eigenvalue weighted by molar-refractivity contribution is 6.44. The lowest BCUT2D eigenvalue weighted by atomic mass is 9.97. The van der Waals surface area contributed by atoms with Crippen molar-refractivity contribution >= 4 is 17.8 Å². The van der Waals surface area contributed by atoms with E-state index in [9.17, 15) is 18.8 Å². The average Bonchev–Trinajstić information content (AvgIpc) is 3.27. The molecule has 0 spiro atoms. The van der Waals surface area contributed by atoms with E-state index in [4.69, 9.17) is 4.42 Å². The van der Waals surface area contributed by atoms with Gasteiger partial charge in [0.15, 0.2) is 0 Å². The molecule has 1 aromatic heterocycles. The van der Waals surface area contributed by atoms with E-state index in [1.165, 1.54) is 30.0 Å². The summed E-state index contributed by atoms with van der Waals surface area (Å²) in [5, 5.41) is 0. The molecule has 0 bridgehead atoms. The van der Waals surface area contributed by atoms with E-state index in [1.807, 2.05) is 0 Å². The van der Waals surface area contributed by atoms with Gasteiger partial charge < -0.3 is 4.42 Å². The van der Waals surface area contributed by atoms with Gasteiger partial charge in [-0.2, -0.15) is 0 Å². The molecule has 2 aromatic rings. The molecule has 0 saturated carbocycles. The first-order valence-electron chi connectivity index (χ1n) is 9.58. The van der Waals surface area contributed by atoms with Crippen LogP contribution < -0.4 is 0 Å². The number of nitrogens with zero attached hydrogens (tertiary/aromatic N) is 3. The van der Waals surface area contributed by atoms with Crippen LogP contribution in [0.3, 0.4) is 0 Å². The number of urea groups is 1. The van der Waals surface area contributed by atoms with Crippen molar-refractivity contribution in [2.75, 3.05) is 6.54 Å². The molecule has 8 heteroatoms. The van der Waals surface area contributed by atoms with Gasteiger partial charge in [0.2, 0.25) is 5.89 Å². The lowest BCUT2D eigenvalue weighted by Crippen LogP contribution is -2.34. The van der Waals surface area contributed by atoms with Gasteiger partial charge in [0, 0.05) is 12.1 Å². The van der Waals surface area contributed by atoms with E-state index >= 15 is 0 Å². The Hall–Kier alpha value is -3.29. The Bertz CT molecular complexity index is 997. The van der Waals surface area contributed by atoms with Crippen molar-refractivity contribution < 1.29 is 23.2 Å². The van der Waals surface area contributed by atoms with Crippen molar-refractivity contribution in [2.45, 2.75) is 38.6 Å². The highest BCUT2D eigenvalue weighted by Gasteiger charge is 2.44. The molecule has 4 amide bonds. The Morgan fingerprint density at radius 3 is 2.69 bits per heavy atom. The van der Waals surface area contributed by atoms with Crippen LogP contribution in [0.5, 0.6) is 0 Å². The van der Waals surface area contributed by atoms with Crippen LogP contribution in [0.4, 0.5) is 9.18 Å². The summed E-state index contributed by atoms with van der Waals surface area (Å²) in [6, 6.07) is 5.09. The predicted octanol–water partition coefficient (Wildman–Crippen LogP) is 3.66. The minimum absolute atomic E-state index is 0.172. The molecule has 1 aliphatic carbocycles. The topological polar surface area (TPSA) is 83.7 Å². The van der Waals surface area contributed by atoms with Crippen LogP contribution >= 0.6 is 0 Å². The molecule has 1 aliphatic heterocycles. The number of hydrogen-bond donors (Lipinski definition) is 0. The van der Waals surface area contributed by atoms with Crippen molar-refractivity contribution in [1.29, 1.82) is 0 Å². The largest absolute Gasteiger partial charge is 0.444 e. The zero-order chi connectivity index (χ0) is 20.4. The first kappa shape index (κ1) is 19.0. The smallest absolute Gasteiger partial charge is 0.334 e. The van der Waals surface area contributed by atoms with Crippen molar-refractivity contribution in [1.82, 2.24) is 14.8 Å². The summed E-state index contributed by atoms with van der Waals surface area (Å²) >= 11 is 0. The average molecular weight is 397 g/mol. The van der Waals surface area contributed by atoms with Crippen molar-refractivity contribution in [3.05, 3.63) is 53.7 Å². The summed E-state index contributed by atoms with van der Waals surface area (Å²) in [4.78, 5) is 43.2. The number of carbonyl (C=O) groups excluding carboxylic acids is 3. The number of halogens is 1. The summed E-state index contributed by atoms with van der Waals surface area (Å²) in [7, 11) is 0. The van der Waals surface area contributed by atoms with E-state index in [0.717, 1.165) is 35.5 Å². The van der Waals surface area contributed by atoms with Crippen molar-refractivity contribution in [3.8, 4) is 11.5 Å². The molecule has 1 saturated heterocycles. The maximum Gasteiger partial charge on any atom is 0.334 e. The van der Waals surface area contributed by atoms with Crippen molar-refractivity contribution in [2.24, 2.45) is 0 Å². The van der Waals surface area contributed by atoms with Crippen LogP contribution in [0.15, 0.2) is 46.6 Å². The van der Waals surface area contributed by atoms with Gasteiger partial charge in [-0.05, 0) is 50.3 Å². The zero-order valence-corrected chi connectivity index (χ0v) is 15.8. The van der Waals surface area contributed by atoms with E-state index in [-0.39, 0.29) is 19.0 Å². The van der Waals surface area contributed by atoms with Crippen LogP contribution in [-0.2, 0) is 16.1 Å². The maximum absolute atomic E-state index is 13.4. The Morgan fingerprint density at radius 2 is 1.93 bits per heavy atom. The summed E-state index contributed by atoms with van der Waals surface area (Å²) < 4.78 is 18.7. The van der Waals surface area contributed by atoms with Gasteiger partial charge in [0.25, 0.3) is 0 Å². The zero-order valence-electron chi connectivity index (χ0n) is 15.8. The molecule has 2 aliphatic rings. The second kappa shape index (κ2) is 7.98. The third-order valence-electron chi connectivity index (χ3n) is 5.12. The molecule has 0 radical (unpaired) electrons. The highest BCUT2D eigenvalue weighted by Crippen LogP contribution is 2.24. The molecule has 2 heterocycles. The second-order valence-corrected chi connectivity index (χ2v) is 7.14. The monoisotopic (exact) mass is 397 g/mol. The molecular weight excluding hydrogens is 377 g/mol. The highest BCUT2D eigenvalue weighted by atomic mass is 19.1. The second-order valence-electron chi connectivity index (χ2n) is 7.14. The van der Waals surface area contributed by atoms with Gasteiger partial charge in [-0.15, -0.1) is 0 Å². The normalized spacial score (nSPS) is 17.3. The number of oxazole rings is 1. The van der Waals surface area contributed by atoms with Gasteiger partial charge in [0.05, 0.1) is 12.2 Å². The summed E-state index contributed by atoms with van der Waals surface area (Å²) in [5.74, 6) is -1.95. The summed E-state index contributed by atoms with van der Waals surface area (Å²) in [6.45, 7) is 0.0144. The van der Waals surface area contributed by atoms with Gasteiger partial charge in [-0.3, -0.25) is 14.5 Å². The fourth-order valence-corrected chi connectivity index (χ4v) is 3.57. The first-order chi connectivity index (χ1) is 14.0. The first-order valence-corrected chi connectivity index (χ1v) is 9.58. The van der Waals surface area contributed by atoms with E-state index in [1.54, 1.807) is 6.07 Å². The van der Waals surface area contributed by atoms with Crippen molar-refractivity contribution in [3.63, 3.8) is 0 Å². The third-order valence-corrected chi connectivity index (χ3v) is 5.12. The van der Waals surface area contributed by atoms with Gasteiger partial charge in [-0.1, -0.05) is 17.7 Å². The molecule has 0 N–H and O–H groups in total. The number of imide groups is 2. The standard InChI is InChI=1S/C21H20FN3O4/c22-16-8-4-7-15(11-16)18-23-17(13-29-18)12-25-20(27)19(26)24(21(25)28)10-9-14-5-2-1-3-6-14/h4-5,7-8,11,13H,1-3,6,9-10,12H2. The predicted molar refractivity (Wildman–Crippen MR) is 101 cm³/mol. The minimum Gasteiger partial charge on any atom is -0.444 e. The Balaban J connectivity index is 1.43. The number of allylic oxidation sites excluding steroid dienone is 1. The lowest BCUT2D eigenvalue weighted by molar-refractivity contribution is -0.143. The minimum atomic E-state index is -0.872. The van der Waals surface area contributed by atoms with Gasteiger partial charge in [-0.25, -0.2) is 19.1 Å². The Morgan fingerprint density at radius 1 is 1.10 bits per heavy atom. The van der Waals surface area contributed by atoms with Gasteiger partial charge in [0.1, 0.15) is 12.1 Å². The van der Waals surface area contributed by atoms with Gasteiger partial charge >= 0.3 is 17.8 Å². The van der Waals surface area contributed by atoms with E-state index in [2.05, 4.69) is 11.1 Å². The number of hydrogen-bond acceptors (Lipinski definition) is 5.